The zero-order valence-corrected chi connectivity index (χ0v) is 12.4. The van der Waals surface area contributed by atoms with E-state index < -0.39 is 70.6 Å². The number of hydrogen-bond donors (Lipinski definition) is 0. The number of halogens is 7. The van der Waals surface area contributed by atoms with Crippen molar-refractivity contribution in [3.63, 3.8) is 0 Å². The number of carbonyl (C=O) groups excluding carboxylic acids is 1. The lowest BCUT2D eigenvalue weighted by molar-refractivity contribution is -0.147. The van der Waals surface area contributed by atoms with E-state index in [9.17, 15) is 35.5 Å². The Morgan fingerprint density at radius 3 is 1.92 bits per heavy atom. The molecule has 0 aromatic heterocycles. The van der Waals surface area contributed by atoms with E-state index in [1.54, 1.807) is 0 Å². The van der Waals surface area contributed by atoms with E-state index in [0.29, 0.717) is 6.08 Å². The van der Waals surface area contributed by atoms with Crippen LogP contribution >= 0.6 is 0 Å². The number of rotatable bonds is 4. The van der Waals surface area contributed by atoms with Gasteiger partial charge in [0.15, 0.2) is 23.3 Å². The van der Waals surface area contributed by atoms with Gasteiger partial charge in [-0.1, -0.05) is 13.8 Å². The van der Waals surface area contributed by atoms with Crippen LogP contribution in [0, 0.1) is 46.3 Å². The molecule has 24 heavy (non-hydrogen) atoms. The van der Waals surface area contributed by atoms with E-state index in [1.165, 1.54) is 13.8 Å². The molecule has 1 fully saturated rings. The summed E-state index contributed by atoms with van der Waals surface area (Å²) in [6.07, 6.45) is -1.44. The zero-order chi connectivity index (χ0) is 18.4. The molecule has 0 heterocycles. The third-order valence-electron chi connectivity index (χ3n) is 4.13. The molecule has 0 radical (unpaired) electrons. The second-order valence-corrected chi connectivity index (χ2v) is 5.94. The molecule has 2 rings (SSSR count). The molecule has 0 spiro atoms. The Kier molecular flexibility index (Phi) is 4.65. The summed E-state index contributed by atoms with van der Waals surface area (Å²) in [4.78, 5) is 11.8. The summed E-state index contributed by atoms with van der Waals surface area (Å²) in [6, 6.07) is 0. The third kappa shape index (κ3) is 2.99. The fraction of sp³-hybridized carbons (Fsp3) is 0.400. The number of allylic oxidation sites excluding steroid dienone is 1. The molecule has 132 valence electrons. The molecule has 1 saturated carbocycles. The Hall–Kier alpha value is -2.06. The number of carbonyl (C=O) groups is 1. The van der Waals surface area contributed by atoms with Crippen molar-refractivity contribution in [3.05, 3.63) is 46.8 Å². The van der Waals surface area contributed by atoms with Gasteiger partial charge in [0, 0.05) is 5.92 Å². The van der Waals surface area contributed by atoms with Gasteiger partial charge in [-0.15, -0.1) is 0 Å². The van der Waals surface area contributed by atoms with Crippen LogP contribution in [0.1, 0.15) is 19.4 Å². The highest BCUT2D eigenvalue weighted by Crippen LogP contribution is 2.60. The average Bonchev–Trinajstić information content (AvgIpc) is 3.02. The summed E-state index contributed by atoms with van der Waals surface area (Å²) in [5.74, 6) is -13.8. The van der Waals surface area contributed by atoms with Gasteiger partial charge in [0.2, 0.25) is 5.82 Å². The number of benzene rings is 1. The summed E-state index contributed by atoms with van der Waals surface area (Å²) >= 11 is 0. The van der Waals surface area contributed by atoms with E-state index in [2.05, 4.69) is 4.74 Å². The highest BCUT2D eigenvalue weighted by molar-refractivity contribution is 5.78. The normalized spacial score (nSPS) is 21.4. The van der Waals surface area contributed by atoms with Crippen LogP contribution in [0.5, 0.6) is 0 Å². The van der Waals surface area contributed by atoms with Crippen LogP contribution in [0.4, 0.5) is 30.7 Å². The lowest BCUT2D eigenvalue weighted by Crippen LogP contribution is -2.14. The lowest BCUT2D eigenvalue weighted by Gasteiger charge is -2.09. The van der Waals surface area contributed by atoms with E-state index in [4.69, 9.17) is 0 Å². The first-order valence-electron chi connectivity index (χ1n) is 6.69. The standard InChI is InChI=1S/C15H11F7O2/c1-15(2)6(3-7(16)17)8(15)14(23)24-4-5-9(18)11(20)13(22)12(21)10(5)19/h3,6,8H,4H2,1-2H3. The van der Waals surface area contributed by atoms with Gasteiger partial charge >= 0.3 is 5.97 Å². The fourth-order valence-corrected chi connectivity index (χ4v) is 2.58. The van der Waals surface area contributed by atoms with Crippen LogP contribution in [0.3, 0.4) is 0 Å². The van der Waals surface area contributed by atoms with E-state index in [0.717, 1.165) is 0 Å². The maximum Gasteiger partial charge on any atom is 0.310 e. The van der Waals surface area contributed by atoms with Crippen molar-refractivity contribution in [3.8, 4) is 0 Å². The van der Waals surface area contributed by atoms with Crippen molar-refractivity contribution in [2.24, 2.45) is 17.3 Å². The van der Waals surface area contributed by atoms with Crippen molar-refractivity contribution in [2.45, 2.75) is 20.5 Å². The molecule has 0 aliphatic heterocycles. The second-order valence-electron chi connectivity index (χ2n) is 5.94. The molecule has 1 aromatic rings. The van der Waals surface area contributed by atoms with Gasteiger partial charge < -0.3 is 4.74 Å². The quantitative estimate of drug-likeness (QED) is 0.344. The molecule has 2 nitrogen and oxygen atoms in total. The zero-order valence-electron chi connectivity index (χ0n) is 12.4. The number of ether oxygens (including phenoxy) is 1. The van der Waals surface area contributed by atoms with Crippen LogP contribution in [0.25, 0.3) is 0 Å². The predicted molar refractivity (Wildman–Crippen MR) is 67.1 cm³/mol. The lowest BCUT2D eigenvalue weighted by atomic mass is 10.1. The van der Waals surface area contributed by atoms with Gasteiger partial charge in [-0.05, 0) is 11.5 Å². The molecule has 1 aliphatic carbocycles. The minimum atomic E-state index is -2.33. The molecule has 0 bridgehead atoms. The Bertz CT molecular complexity index is 694. The summed E-state index contributed by atoms with van der Waals surface area (Å²) in [5, 5.41) is 0. The molecule has 2 atom stereocenters. The summed E-state index contributed by atoms with van der Waals surface area (Å²) < 4.78 is 95.0. The molecule has 1 aliphatic rings. The van der Waals surface area contributed by atoms with Crippen molar-refractivity contribution >= 4 is 5.97 Å². The summed E-state index contributed by atoms with van der Waals surface area (Å²) in [7, 11) is 0. The molecule has 9 heteroatoms. The Morgan fingerprint density at radius 2 is 1.46 bits per heavy atom. The maximum absolute atomic E-state index is 13.4. The largest absolute Gasteiger partial charge is 0.460 e. The van der Waals surface area contributed by atoms with Crippen molar-refractivity contribution < 1.29 is 40.3 Å². The van der Waals surface area contributed by atoms with Crippen LogP contribution in [-0.4, -0.2) is 5.97 Å². The highest BCUT2D eigenvalue weighted by Gasteiger charge is 2.62. The van der Waals surface area contributed by atoms with Crippen molar-refractivity contribution in [1.82, 2.24) is 0 Å². The monoisotopic (exact) mass is 356 g/mol. The van der Waals surface area contributed by atoms with Gasteiger partial charge in [0.1, 0.15) is 6.61 Å². The first-order chi connectivity index (χ1) is 11.0. The van der Waals surface area contributed by atoms with E-state index in [1.807, 2.05) is 0 Å². The predicted octanol–water partition coefficient (Wildman–Crippen LogP) is 4.48. The van der Waals surface area contributed by atoms with Gasteiger partial charge in [-0.3, -0.25) is 4.79 Å². The third-order valence-corrected chi connectivity index (χ3v) is 4.13. The van der Waals surface area contributed by atoms with Crippen molar-refractivity contribution in [2.75, 3.05) is 0 Å². The van der Waals surface area contributed by atoms with Crippen molar-refractivity contribution in [1.29, 1.82) is 0 Å². The average molecular weight is 356 g/mol. The van der Waals surface area contributed by atoms with Crippen LogP contribution < -0.4 is 0 Å². The van der Waals surface area contributed by atoms with Gasteiger partial charge in [-0.25, -0.2) is 22.0 Å². The Labute approximate surface area is 131 Å². The van der Waals surface area contributed by atoms with E-state index >= 15 is 0 Å². The molecule has 1 aromatic carbocycles. The molecular formula is C15H11F7O2. The molecule has 2 unspecified atom stereocenters. The summed E-state index contributed by atoms with van der Waals surface area (Å²) in [6.45, 7) is 1.80. The molecule has 0 N–H and O–H groups in total. The maximum atomic E-state index is 13.4. The van der Waals surface area contributed by atoms with Crippen LogP contribution in [0.2, 0.25) is 0 Å². The second kappa shape index (κ2) is 6.10. The van der Waals surface area contributed by atoms with Crippen LogP contribution in [-0.2, 0) is 16.1 Å². The fourth-order valence-electron chi connectivity index (χ4n) is 2.58. The Morgan fingerprint density at radius 1 is 1.00 bits per heavy atom. The van der Waals surface area contributed by atoms with Gasteiger partial charge in [-0.2, -0.15) is 8.78 Å². The van der Waals surface area contributed by atoms with Gasteiger partial charge in [0.05, 0.1) is 11.5 Å². The first-order valence-corrected chi connectivity index (χ1v) is 6.69. The molecule has 0 amide bonds. The topological polar surface area (TPSA) is 26.3 Å². The minimum absolute atomic E-state index is 0.560. The minimum Gasteiger partial charge on any atom is -0.460 e. The number of esters is 1. The number of hydrogen-bond acceptors (Lipinski definition) is 2. The van der Waals surface area contributed by atoms with Crippen LogP contribution in [0.15, 0.2) is 12.2 Å². The SMILES string of the molecule is CC1(C)C(C=C(F)F)C1C(=O)OCc1c(F)c(F)c(F)c(F)c1F. The molecule has 0 saturated heterocycles. The first kappa shape index (κ1) is 18.3. The highest BCUT2D eigenvalue weighted by atomic mass is 19.3. The van der Waals surface area contributed by atoms with E-state index in [-0.39, 0.29) is 0 Å². The smallest absolute Gasteiger partial charge is 0.310 e. The van der Waals surface area contributed by atoms with Gasteiger partial charge in [0.25, 0.3) is 6.08 Å². The summed E-state index contributed by atoms with van der Waals surface area (Å²) in [5.41, 5.74) is -2.17. The Balaban J connectivity index is 2.16. The molecular weight excluding hydrogens is 345 g/mol.